The predicted molar refractivity (Wildman–Crippen MR) is 45.7 cm³/mol. The van der Waals surface area contributed by atoms with Crippen LogP contribution in [0.1, 0.15) is 5.56 Å². The highest BCUT2D eigenvalue weighted by atomic mass is 19.4. The van der Waals surface area contributed by atoms with Gasteiger partial charge in [-0.1, -0.05) is 0 Å². The molecule has 0 spiro atoms. The van der Waals surface area contributed by atoms with E-state index in [2.05, 4.69) is 21.1 Å². The highest BCUT2D eigenvalue weighted by molar-refractivity contribution is 5.48. The Morgan fingerprint density at radius 2 is 2.07 bits per heavy atom. The van der Waals surface area contributed by atoms with Crippen LogP contribution < -0.4 is 0 Å². The number of pyridine rings is 1. The lowest BCUT2D eigenvalue weighted by Gasteiger charge is -2.05. The van der Waals surface area contributed by atoms with Crippen molar-refractivity contribution in [3.05, 3.63) is 36.3 Å². The fourth-order valence-corrected chi connectivity index (χ4v) is 1.06. The predicted octanol–water partition coefficient (Wildman–Crippen LogP) is 2.29. The molecule has 0 atom stereocenters. The van der Waals surface area contributed by atoms with Crippen LogP contribution in [0.15, 0.2) is 24.5 Å². The number of aromatic amines is 1. The summed E-state index contributed by atoms with van der Waals surface area (Å²) in [5.74, 6) is 0.392. The average molecular weight is 212 g/mol. The number of rotatable bonds is 1. The smallest absolute Gasteiger partial charge is 0.343 e. The van der Waals surface area contributed by atoms with Crippen molar-refractivity contribution < 1.29 is 13.2 Å². The van der Waals surface area contributed by atoms with E-state index in [9.17, 15) is 13.2 Å². The van der Waals surface area contributed by atoms with Gasteiger partial charge in [0.15, 0.2) is 5.82 Å². The number of nitrogens with zero attached hydrogens (tertiary/aromatic N) is 2. The third-order valence-electron chi connectivity index (χ3n) is 1.78. The molecule has 15 heavy (non-hydrogen) atoms. The van der Waals surface area contributed by atoms with Gasteiger partial charge in [0.1, 0.15) is 11.9 Å². The monoisotopic (exact) mass is 212 g/mol. The van der Waals surface area contributed by atoms with Crippen molar-refractivity contribution in [3.8, 4) is 11.5 Å². The summed E-state index contributed by atoms with van der Waals surface area (Å²) in [5, 5.41) is 0. The minimum atomic E-state index is -4.36. The topological polar surface area (TPSA) is 41.6 Å². The molecule has 0 saturated heterocycles. The van der Waals surface area contributed by atoms with E-state index in [1.807, 2.05) is 0 Å². The summed E-state index contributed by atoms with van der Waals surface area (Å²) in [6.45, 7) is 0. The SMILES string of the molecule is FC(F)(F)c1ccc(-c2n[c]c[nH]2)nc1. The highest BCUT2D eigenvalue weighted by Gasteiger charge is 2.30. The molecule has 2 rings (SSSR count). The Kier molecular flexibility index (Phi) is 2.18. The van der Waals surface area contributed by atoms with E-state index in [4.69, 9.17) is 0 Å². The van der Waals surface area contributed by atoms with Crippen molar-refractivity contribution >= 4 is 0 Å². The van der Waals surface area contributed by atoms with E-state index in [0.29, 0.717) is 11.5 Å². The molecule has 1 N–H and O–H groups in total. The first-order chi connectivity index (χ1) is 7.07. The molecule has 77 valence electrons. The van der Waals surface area contributed by atoms with Crippen molar-refractivity contribution in [2.45, 2.75) is 6.18 Å². The maximum Gasteiger partial charge on any atom is 0.417 e. The normalized spacial score (nSPS) is 11.7. The summed E-state index contributed by atoms with van der Waals surface area (Å²) in [5.41, 5.74) is -0.425. The van der Waals surface area contributed by atoms with Crippen LogP contribution in [0.25, 0.3) is 11.5 Å². The molecule has 0 fully saturated rings. The zero-order chi connectivity index (χ0) is 10.9. The zero-order valence-corrected chi connectivity index (χ0v) is 7.34. The lowest BCUT2D eigenvalue weighted by molar-refractivity contribution is -0.137. The molecule has 0 amide bonds. The van der Waals surface area contributed by atoms with E-state index in [1.54, 1.807) is 0 Å². The second-order valence-electron chi connectivity index (χ2n) is 2.81. The van der Waals surface area contributed by atoms with Gasteiger partial charge >= 0.3 is 6.18 Å². The summed E-state index contributed by atoms with van der Waals surface area (Å²) in [4.78, 5) is 10.1. The van der Waals surface area contributed by atoms with Crippen molar-refractivity contribution in [1.29, 1.82) is 0 Å². The van der Waals surface area contributed by atoms with Gasteiger partial charge in [0.25, 0.3) is 0 Å². The van der Waals surface area contributed by atoms with Gasteiger partial charge in [-0.05, 0) is 12.1 Å². The van der Waals surface area contributed by atoms with E-state index < -0.39 is 11.7 Å². The molecule has 0 aromatic carbocycles. The van der Waals surface area contributed by atoms with Crippen LogP contribution in [0.4, 0.5) is 13.2 Å². The molecule has 0 bridgehead atoms. The second kappa shape index (κ2) is 3.38. The van der Waals surface area contributed by atoms with Gasteiger partial charge in [0.2, 0.25) is 0 Å². The summed E-state index contributed by atoms with van der Waals surface area (Å²) in [6.07, 6.45) is 0.374. The third-order valence-corrected chi connectivity index (χ3v) is 1.78. The molecule has 6 heteroatoms. The number of halogens is 3. The second-order valence-corrected chi connectivity index (χ2v) is 2.81. The maximum atomic E-state index is 12.2. The molecule has 0 aliphatic rings. The van der Waals surface area contributed by atoms with E-state index in [-0.39, 0.29) is 0 Å². The Labute approximate surface area is 83.0 Å². The van der Waals surface area contributed by atoms with Gasteiger partial charge < -0.3 is 4.98 Å². The Hall–Kier alpha value is -1.85. The molecule has 0 unspecified atom stereocenters. The van der Waals surface area contributed by atoms with Gasteiger partial charge in [-0.2, -0.15) is 13.2 Å². The van der Waals surface area contributed by atoms with Crippen molar-refractivity contribution in [1.82, 2.24) is 15.0 Å². The van der Waals surface area contributed by atoms with Gasteiger partial charge in [0.05, 0.1) is 5.56 Å². The number of H-pyrrole nitrogens is 1. The summed E-state index contributed by atoms with van der Waals surface area (Å²) in [6, 6.07) is 2.22. The zero-order valence-electron chi connectivity index (χ0n) is 7.34. The van der Waals surface area contributed by atoms with Crippen LogP contribution in [0.3, 0.4) is 0 Å². The molecule has 2 aromatic rings. The Balaban J connectivity index is 2.33. The Bertz CT molecular complexity index is 431. The van der Waals surface area contributed by atoms with Gasteiger partial charge in [0, 0.05) is 12.4 Å². The van der Waals surface area contributed by atoms with Gasteiger partial charge in [-0.25, -0.2) is 4.98 Å². The summed E-state index contributed by atoms with van der Waals surface area (Å²) < 4.78 is 36.6. The number of imidazole rings is 1. The van der Waals surface area contributed by atoms with Crippen LogP contribution in [0.5, 0.6) is 0 Å². The van der Waals surface area contributed by atoms with Crippen LogP contribution in [0, 0.1) is 6.20 Å². The quantitative estimate of drug-likeness (QED) is 0.787. The molecule has 2 aromatic heterocycles. The van der Waals surface area contributed by atoms with Crippen LogP contribution in [-0.2, 0) is 6.18 Å². The first-order valence-electron chi connectivity index (χ1n) is 4.02. The minimum absolute atomic E-state index is 0.351. The molecule has 0 aliphatic heterocycles. The third kappa shape index (κ3) is 1.98. The fraction of sp³-hybridized carbons (Fsp3) is 0.111. The van der Waals surface area contributed by atoms with E-state index in [1.165, 1.54) is 12.3 Å². The number of hydrogen-bond donors (Lipinski definition) is 1. The molecule has 1 radical (unpaired) electrons. The first kappa shape index (κ1) is 9.70. The minimum Gasteiger partial charge on any atom is -0.343 e. The molecule has 0 saturated carbocycles. The largest absolute Gasteiger partial charge is 0.417 e. The average Bonchev–Trinajstić information content (AvgIpc) is 2.69. The number of hydrogen-bond acceptors (Lipinski definition) is 2. The van der Waals surface area contributed by atoms with Crippen LogP contribution in [0.2, 0.25) is 0 Å². The first-order valence-corrected chi connectivity index (χ1v) is 4.02. The lowest BCUT2D eigenvalue weighted by Crippen LogP contribution is -2.05. The van der Waals surface area contributed by atoms with E-state index >= 15 is 0 Å². The molecule has 0 aliphatic carbocycles. The van der Waals surface area contributed by atoms with Crippen molar-refractivity contribution in [3.63, 3.8) is 0 Å². The number of alkyl halides is 3. The van der Waals surface area contributed by atoms with Crippen LogP contribution in [-0.4, -0.2) is 15.0 Å². The lowest BCUT2D eigenvalue weighted by atomic mass is 10.2. The standard InChI is InChI=1S/C9H5F3N3/c10-9(11,12)6-1-2-7(15-5-6)8-13-3-4-14-8/h1-3,5H,(H,13,14). The van der Waals surface area contributed by atoms with Crippen LogP contribution >= 0.6 is 0 Å². The van der Waals surface area contributed by atoms with Gasteiger partial charge in [-0.3, -0.25) is 4.98 Å². The number of nitrogens with one attached hydrogen (secondary N) is 1. The molecule has 3 nitrogen and oxygen atoms in total. The Morgan fingerprint density at radius 3 is 2.53 bits per heavy atom. The fourth-order valence-electron chi connectivity index (χ4n) is 1.06. The molecular weight excluding hydrogens is 207 g/mol. The Morgan fingerprint density at radius 1 is 1.27 bits per heavy atom. The van der Waals surface area contributed by atoms with Crippen molar-refractivity contribution in [2.24, 2.45) is 0 Å². The maximum absolute atomic E-state index is 12.2. The van der Waals surface area contributed by atoms with Gasteiger partial charge in [-0.15, -0.1) is 0 Å². The van der Waals surface area contributed by atoms with E-state index in [0.717, 1.165) is 12.3 Å². The number of aromatic nitrogens is 3. The van der Waals surface area contributed by atoms with Crippen molar-refractivity contribution in [2.75, 3.05) is 0 Å². The molecule has 2 heterocycles. The molecular formula is C9H5F3N3. The highest BCUT2D eigenvalue weighted by Crippen LogP contribution is 2.29. The summed E-state index contributed by atoms with van der Waals surface area (Å²) >= 11 is 0. The summed E-state index contributed by atoms with van der Waals surface area (Å²) in [7, 11) is 0.